The highest BCUT2D eigenvalue weighted by Gasteiger charge is 2.16. The number of rotatable bonds is 3. The highest BCUT2D eigenvalue weighted by Crippen LogP contribution is 2.30. The Morgan fingerprint density at radius 2 is 2.04 bits per heavy atom. The number of hydrogen-bond acceptors (Lipinski definition) is 3. The molecule has 5 nitrogen and oxygen atoms in total. The van der Waals surface area contributed by atoms with Gasteiger partial charge in [-0.3, -0.25) is 9.59 Å². The first kappa shape index (κ1) is 14.8. The van der Waals surface area contributed by atoms with Crippen LogP contribution in [0.2, 0.25) is 0 Å². The topological polar surface area (TPSA) is 64.2 Å². The number of nitrogens with zero attached hydrogens (tertiary/aromatic N) is 1. The van der Waals surface area contributed by atoms with E-state index in [4.69, 9.17) is 4.42 Å². The Hall–Kier alpha value is -2.82. The van der Waals surface area contributed by atoms with E-state index >= 15 is 0 Å². The largest absolute Gasteiger partial charge is 0.464 e. The van der Waals surface area contributed by atoms with Gasteiger partial charge in [-0.05, 0) is 48.6 Å². The van der Waals surface area contributed by atoms with Crippen molar-refractivity contribution in [3.8, 4) is 0 Å². The molecule has 3 aromatic rings. The molecule has 0 atom stereocenters. The van der Waals surface area contributed by atoms with Crippen LogP contribution in [-0.2, 0) is 31.1 Å². The molecule has 0 aliphatic heterocycles. The number of nitrogens with one attached hydrogen (secondary N) is 1. The first-order chi connectivity index (χ1) is 11.6. The predicted octanol–water partition coefficient (Wildman–Crippen LogP) is 2.80. The lowest BCUT2D eigenvalue weighted by Crippen LogP contribution is -2.18. The van der Waals surface area contributed by atoms with Crippen LogP contribution in [-0.4, -0.2) is 10.5 Å². The Labute approximate surface area is 138 Å². The SMILES string of the molecule is Cn1cc(NC(=O)Cc2coc3cc4c(cc23)CCC4)ccc1=O. The minimum atomic E-state index is -0.128. The summed E-state index contributed by atoms with van der Waals surface area (Å²) in [6, 6.07) is 7.31. The van der Waals surface area contributed by atoms with Gasteiger partial charge in [0.15, 0.2) is 0 Å². The van der Waals surface area contributed by atoms with E-state index in [2.05, 4.69) is 17.4 Å². The van der Waals surface area contributed by atoms with E-state index in [1.807, 2.05) is 0 Å². The molecule has 5 heteroatoms. The van der Waals surface area contributed by atoms with Crippen molar-refractivity contribution in [1.82, 2.24) is 4.57 Å². The molecule has 2 heterocycles. The van der Waals surface area contributed by atoms with Gasteiger partial charge in [0.25, 0.3) is 0 Å². The van der Waals surface area contributed by atoms with Gasteiger partial charge in [-0.1, -0.05) is 0 Å². The van der Waals surface area contributed by atoms with Crippen molar-refractivity contribution in [3.63, 3.8) is 0 Å². The average Bonchev–Trinajstić information content (AvgIpc) is 3.15. The van der Waals surface area contributed by atoms with Crippen LogP contribution in [0.3, 0.4) is 0 Å². The zero-order chi connectivity index (χ0) is 16.7. The number of amides is 1. The zero-order valence-electron chi connectivity index (χ0n) is 13.5. The van der Waals surface area contributed by atoms with Gasteiger partial charge in [0.1, 0.15) is 5.58 Å². The molecule has 0 saturated carbocycles. The average molecular weight is 322 g/mol. The Bertz CT molecular complexity index is 998. The third-order valence-corrected chi connectivity index (χ3v) is 4.59. The summed E-state index contributed by atoms with van der Waals surface area (Å²) >= 11 is 0. The van der Waals surface area contributed by atoms with Crippen molar-refractivity contribution in [2.45, 2.75) is 25.7 Å². The van der Waals surface area contributed by atoms with Gasteiger partial charge in [-0.25, -0.2) is 0 Å². The van der Waals surface area contributed by atoms with Crippen LogP contribution < -0.4 is 10.9 Å². The number of carbonyl (C=O) groups excluding carboxylic acids is 1. The summed E-state index contributed by atoms with van der Waals surface area (Å²) < 4.78 is 7.07. The molecule has 24 heavy (non-hydrogen) atoms. The third-order valence-electron chi connectivity index (χ3n) is 4.59. The van der Waals surface area contributed by atoms with Crippen LogP contribution >= 0.6 is 0 Å². The number of hydrogen-bond donors (Lipinski definition) is 1. The molecule has 1 aromatic carbocycles. The first-order valence-electron chi connectivity index (χ1n) is 8.08. The maximum atomic E-state index is 12.3. The summed E-state index contributed by atoms with van der Waals surface area (Å²) in [6.45, 7) is 0. The van der Waals surface area contributed by atoms with Gasteiger partial charge in [-0.15, -0.1) is 0 Å². The molecule has 4 rings (SSSR count). The maximum Gasteiger partial charge on any atom is 0.250 e. The van der Waals surface area contributed by atoms with Crippen LogP contribution in [0, 0.1) is 0 Å². The second-order valence-corrected chi connectivity index (χ2v) is 6.32. The molecule has 1 amide bonds. The molecule has 122 valence electrons. The summed E-state index contributed by atoms with van der Waals surface area (Å²) in [5.41, 5.74) is 4.96. The van der Waals surface area contributed by atoms with E-state index in [0.29, 0.717) is 5.69 Å². The smallest absolute Gasteiger partial charge is 0.250 e. The van der Waals surface area contributed by atoms with Gasteiger partial charge >= 0.3 is 0 Å². The van der Waals surface area contributed by atoms with E-state index in [1.54, 1.807) is 25.6 Å². The fraction of sp³-hybridized carbons (Fsp3) is 0.263. The van der Waals surface area contributed by atoms with E-state index in [-0.39, 0.29) is 17.9 Å². The van der Waals surface area contributed by atoms with Crippen LogP contribution in [0.25, 0.3) is 11.0 Å². The van der Waals surface area contributed by atoms with E-state index in [9.17, 15) is 9.59 Å². The maximum absolute atomic E-state index is 12.3. The van der Waals surface area contributed by atoms with Gasteiger partial charge < -0.3 is 14.3 Å². The number of anilines is 1. The lowest BCUT2D eigenvalue weighted by atomic mass is 10.0. The Kier molecular flexibility index (Phi) is 3.49. The molecule has 1 aliphatic carbocycles. The van der Waals surface area contributed by atoms with E-state index < -0.39 is 0 Å². The molecular weight excluding hydrogens is 304 g/mol. The second kappa shape index (κ2) is 5.67. The minimum Gasteiger partial charge on any atom is -0.464 e. The summed E-state index contributed by atoms with van der Waals surface area (Å²) in [5, 5.41) is 3.84. The summed E-state index contributed by atoms with van der Waals surface area (Å²) in [5.74, 6) is -0.128. The number of fused-ring (bicyclic) bond motifs is 2. The molecule has 0 unspecified atom stereocenters. The summed E-state index contributed by atoms with van der Waals surface area (Å²) in [7, 11) is 1.65. The predicted molar refractivity (Wildman–Crippen MR) is 92.3 cm³/mol. The lowest BCUT2D eigenvalue weighted by molar-refractivity contribution is -0.115. The summed E-state index contributed by atoms with van der Waals surface area (Å²) in [4.78, 5) is 23.7. The highest BCUT2D eigenvalue weighted by atomic mass is 16.3. The Morgan fingerprint density at radius 3 is 2.83 bits per heavy atom. The van der Waals surface area contributed by atoms with Crippen molar-refractivity contribution in [2.24, 2.45) is 7.05 Å². The van der Waals surface area contributed by atoms with Crippen molar-refractivity contribution in [1.29, 1.82) is 0 Å². The number of furan rings is 1. The molecule has 1 aliphatic rings. The van der Waals surface area contributed by atoms with Crippen LogP contribution in [0.4, 0.5) is 5.69 Å². The highest BCUT2D eigenvalue weighted by molar-refractivity contribution is 5.95. The van der Waals surface area contributed by atoms with E-state index in [1.165, 1.54) is 28.2 Å². The van der Waals surface area contributed by atoms with Crippen molar-refractivity contribution in [2.75, 3.05) is 5.32 Å². The van der Waals surface area contributed by atoms with Crippen molar-refractivity contribution < 1.29 is 9.21 Å². The monoisotopic (exact) mass is 322 g/mol. The fourth-order valence-electron chi connectivity index (χ4n) is 3.33. The quantitative estimate of drug-likeness (QED) is 0.806. The molecule has 2 aromatic heterocycles. The van der Waals surface area contributed by atoms with E-state index in [0.717, 1.165) is 29.4 Å². The molecule has 0 bridgehead atoms. The molecule has 1 N–H and O–H groups in total. The second-order valence-electron chi connectivity index (χ2n) is 6.32. The Morgan fingerprint density at radius 1 is 1.25 bits per heavy atom. The first-order valence-corrected chi connectivity index (χ1v) is 8.08. The van der Waals surface area contributed by atoms with Crippen LogP contribution in [0.5, 0.6) is 0 Å². The number of benzene rings is 1. The van der Waals surface area contributed by atoms with Gasteiger partial charge in [-0.2, -0.15) is 0 Å². The van der Waals surface area contributed by atoms with Crippen molar-refractivity contribution >= 4 is 22.6 Å². The lowest BCUT2D eigenvalue weighted by Gasteiger charge is -2.06. The minimum absolute atomic E-state index is 0.109. The zero-order valence-corrected chi connectivity index (χ0v) is 13.5. The Balaban J connectivity index is 1.56. The number of pyridine rings is 1. The molecule has 0 fully saturated rings. The number of carbonyl (C=O) groups is 1. The molecule has 0 radical (unpaired) electrons. The van der Waals surface area contributed by atoms with Crippen LogP contribution in [0.15, 0.2) is 45.9 Å². The van der Waals surface area contributed by atoms with Crippen molar-refractivity contribution in [3.05, 3.63) is 63.8 Å². The fourth-order valence-corrected chi connectivity index (χ4v) is 3.33. The van der Waals surface area contributed by atoms with Crippen LogP contribution in [0.1, 0.15) is 23.1 Å². The standard InChI is InChI=1S/C19H18N2O3/c1-21-10-15(5-6-19(21)23)20-18(22)9-14-11-24-17-8-13-4-2-3-12(13)7-16(14)17/h5-8,10-11H,2-4,9H2,1H3,(H,20,22). The normalized spacial score (nSPS) is 13.2. The molecular formula is C19H18N2O3. The van der Waals surface area contributed by atoms with Gasteiger partial charge in [0.2, 0.25) is 11.5 Å². The number of aryl methyl sites for hydroxylation is 3. The van der Waals surface area contributed by atoms with Gasteiger partial charge in [0.05, 0.1) is 18.4 Å². The van der Waals surface area contributed by atoms with Gasteiger partial charge in [0, 0.05) is 30.3 Å². The number of aromatic nitrogens is 1. The summed E-state index contributed by atoms with van der Waals surface area (Å²) in [6.07, 6.45) is 6.91. The third kappa shape index (κ3) is 2.62. The molecule has 0 saturated heterocycles. The molecule has 0 spiro atoms.